The summed E-state index contributed by atoms with van der Waals surface area (Å²) >= 11 is 3.39. The molecule has 2 atom stereocenters. The van der Waals surface area contributed by atoms with Crippen molar-refractivity contribution in [2.75, 3.05) is 6.54 Å². The number of hydrogen-bond acceptors (Lipinski definition) is 2. The molecule has 1 amide bonds. The standard InChI is InChI=1S/C15H18BrNO3/c1-9-7-12(16)3-4-13(9)14(18)17-6-5-11(15(19)20)8-10(17)2/h3-4,7,10-11H,5-6,8H2,1-2H3,(H,19,20). The first-order valence-corrected chi connectivity index (χ1v) is 7.49. The Morgan fingerprint density at radius 1 is 1.40 bits per heavy atom. The summed E-state index contributed by atoms with van der Waals surface area (Å²) < 4.78 is 0.948. The number of rotatable bonds is 2. The average Bonchev–Trinajstić information content (AvgIpc) is 2.37. The lowest BCUT2D eigenvalue weighted by atomic mass is 9.91. The fourth-order valence-electron chi connectivity index (χ4n) is 2.72. The molecule has 4 nitrogen and oxygen atoms in total. The second-order valence-corrected chi connectivity index (χ2v) is 6.28. The molecule has 1 aliphatic heterocycles. The molecule has 0 spiro atoms. The molecule has 0 bridgehead atoms. The van der Waals surface area contributed by atoms with E-state index in [0.29, 0.717) is 24.9 Å². The van der Waals surface area contributed by atoms with Crippen molar-refractivity contribution in [1.29, 1.82) is 0 Å². The van der Waals surface area contributed by atoms with Crippen LogP contribution in [0.15, 0.2) is 22.7 Å². The van der Waals surface area contributed by atoms with Crippen molar-refractivity contribution < 1.29 is 14.7 Å². The van der Waals surface area contributed by atoms with Crippen molar-refractivity contribution in [3.05, 3.63) is 33.8 Å². The van der Waals surface area contributed by atoms with Gasteiger partial charge in [-0.15, -0.1) is 0 Å². The van der Waals surface area contributed by atoms with Crippen molar-refractivity contribution in [2.45, 2.75) is 32.7 Å². The second kappa shape index (κ2) is 5.95. The molecule has 2 rings (SSSR count). The highest BCUT2D eigenvalue weighted by Gasteiger charge is 2.32. The van der Waals surface area contributed by atoms with Gasteiger partial charge in [-0.05, 0) is 50.5 Å². The van der Waals surface area contributed by atoms with Crippen LogP contribution in [0, 0.1) is 12.8 Å². The number of hydrogen-bond donors (Lipinski definition) is 1. The van der Waals surface area contributed by atoms with Gasteiger partial charge in [0.25, 0.3) is 5.91 Å². The summed E-state index contributed by atoms with van der Waals surface area (Å²) in [4.78, 5) is 25.4. The molecule has 1 N–H and O–H groups in total. The Morgan fingerprint density at radius 3 is 2.65 bits per heavy atom. The number of benzene rings is 1. The number of carbonyl (C=O) groups is 2. The summed E-state index contributed by atoms with van der Waals surface area (Å²) in [6.07, 6.45) is 1.05. The first-order valence-electron chi connectivity index (χ1n) is 6.70. The number of amides is 1. The lowest BCUT2D eigenvalue weighted by Crippen LogP contribution is -2.46. The Morgan fingerprint density at radius 2 is 2.10 bits per heavy atom. The maximum atomic E-state index is 12.6. The van der Waals surface area contributed by atoms with Gasteiger partial charge in [0.05, 0.1) is 5.92 Å². The highest BCUT2D eigenvalue weighted by Crippen LogP contribution is 2.26. The van der Waals surface area contributed by atoms with Crippen LogP contribution in [0.2, 0.25) is 0 Å². The van der Waals surface area contributed by atoms with Gasteiger partial charge in [0.15, 0.2) is 0 Å². The minimum absolute atomic E-state index is 0.00802. The Hall–Kier alpha value is -1.36. The van der Waals surface area contributed by atoms with Crippen LogP contribution in [0.1, 0.15) is 35.7 Å². The maximum Gasteiger partial charge on any atom is 0.306 e. The van der Waals surface area contributed by atoms with Gasteiger partial charge in [-0.3, -0.25) is 9.59 Å². The Labute approximate surface area is 126 Å². The molecule has 108 valence electrons. The first-order chi connectivity index (χ1) is 9.40. The Kier molecular flexibility index (Phi) is 4.48. The van der Waals surface area contributed by atoms with E-state index in [4.69, 9.17) is 5.11 Å². The number of halogens is 1. The minimum atomic E-state index is -0.760. The zero-order chi connectivity index (χ0) is 14.9. The summed E-state index contributed by atoms with van der Waals surface area (Å²) in [5, 5.41) is 9.06. The normalized spacial score (nSPS) is 22.6. The summed E-state index contributed by atoms with van der Waals surface area (Å²) in [6, 6.07) is 5.55. The molecule has 0 saturated carbocycles. The Bertz CT molecular complexity index is 544. The SMILES string of the molecule is Cc1cc(Br)ccc1C(=O)N1CCC(C(=O)O)CC1C. The smallest absolute Gasteiger partial charge is 0.306 e. The quantitative estimate of drug-likeness (QED) is 0.900. The van der Waals surface area contributed by atoms with Crippen LogP contribution in [0.25, 0.3) is 0 Å². The monoisotopic (exact) mass is 339 g/mol. The van der Waals surface area contributed by atoms with Gasteiger partial charge in [-0.2, -0.15) is 0 Å². The molecule has 1 saturated heterocycles. The van der Waals surface area contributed by atoms with Gasteiger partial charge in [-0.1, -0.05) is 15.9 Å². The largest absolute Gasteiger partial charge is 0.481 e. The van der Waals surface area contributed by atoms with E-state index < -0.39 is 5.97 Å². The third-order valence-corrected chi connectivity index (χ3v) is 4.40. The summed E-state index contributed by atoms with van der Waals surface area (Å²) in [6.45, 7) is 4.33. The van der Waals surface area contributed by atoms with Gasteiger partial charge < -0.3 is 10.0 Å². The van der Waals surface area contributed by atoms with E-state index in [0.717, 1.165) is 10.0 Å². The number of aryl methyl sites for hydroxylation is 1. The van der Waals surface area contributed by atoms with Crippen LogP contribution < -0.4 is 0 Å². The molecule has 20 heavy (non-hydrogen) atoms. The molecule has 1 aromatic carbocycles. The van der Waals surface area contributed by atoms with Crippen molar-refractivity contribution >= 4 is 27.8 Å². The van der Waals surface area contributed by atoms with E-state index >= 15 is 0 Å². The van der Waals surface area contributed by atoms with E-state index in [2.05, 4.69) is 15.9 Å². The fraction of sp³-hybridized carbons (Fsp3) is 0.467. The van der Waals surface area contributed by atoms with Gasteiger partial charge in [0.1, 0.15) is 0 Å². The first kappa shape index (κ1) is 15.0. The number of likely N-dealkylation sites (tertiary alicyclic amines) is 1. The van der Waals surface area contributed by atoms with Gasteiger partial charge in [0, 0.05) is 22.6 Å². The molecule has 0 aromatic heterocycles. The van der Waals surface area contributed by atoms with E-state index in [1.165, 1.54) is 0 Å². The molecule has 0 aliphatic carbocycles. The van der Waals surface area contributed by atoms with Crippen molar-refractivity contribution in [3.63, 3.8) is 0 Å². The molecule has 2 unspecified atom stereocenters. The van der Waals surface area contributed by atoms with E-state index in [1.807, 2.05) is 32.0 Å². The van der Waals surface area contributed by atoms with E-state index in [9.17, 15) is 9.59 Å². The molecule has 1 aromatic rings. The van der Waals surface area contributed by atoms with E-state index in [-0.39, 0.29) is 17.9 Å². The molecule has 0 radical (unpaired) electrons. The predicted octanol–water partition coefficient (Wildman–Crippen LogP) is 3.08. The van der Waals surface area contributed by atoms with Gasteiger partial charge in [0.2, 0.25) is 0 Å². The van der Waals surface area contributed by atoms with Crippen LogP contribution in [0.4, 0.5) is 0 Å². The number of carboxylic acid groups (broad SMARTS) is 1. The van der Waals surface area contributed by atoms with Crippen molar-refractivity contribution in [1.82, 2.24) is 4.90 Å². The van der Waals surface area contributed by atoms with Crippen molar-refractivity contribution in [2.24, 2.45) is 5.92 Å². The summed E-state index contributed by atoms with van der Waals surface area (Å²) in [7, 11) is 0. The van der Waals surface area contributed by atoms with E-state index in [1.54, 1.807) is 4.90 Å². The molecule has 1 fully saturated rings. The zero-order valence-corrected chi connectivity index (χ0v) is 13.2. The predicted molar refractivity (Wildman–Crippen MR) is 79.7 cm³/mol. The van der Waals surface area contributed by atoms with Crippen LogP contribution >= 0.6 is 15.9 Å². The maximum absolute atomic E-state index is 12.6. The highest BCUT2D eigenvalue weighted by atomic mass is 79.9. The molecule has 1 aliphatic rings. The number of carboxylic acids is 1. The fourth-order valence-corrected chi connectivity index (χ4v) is 3.20. The third kappa shape index (κ3) is 3.03. The van der Waals surface area contributed by atoms with Crippen LogP contribution in [-0.4, -0.2) is 34.5 Å². The molecule has 1 heterocycles. The number of carbonyl (C=O) groups excluding carboxylic acids is 1. The average molecular weight is 340 g/mol. The second-order valence-electron chi connectivity index (χ2n) is 5.37. The van der Waals surface area contributed by atoms with Crippen molar-refractivity contribution in [3.8, 4) is 0 Å². The van der Waals surface area contributed by atoms with Gasteiger partial charge >= 0.3 is 5.97 Å². The Balaban J connectivity index is 2.16. The highest BCUT2D eigenvalue weighted by molar-refractivity contribution is 9.10. The number of aliphatic carboxylic acids is 1. The minimum Gasteiger partial charge on any atom is -0.481 e. The molecule has 5 heteroatoms. The molecular weight excluding hydrogens is 322 g/mol. The lowest BCUT2D eigenvalue weighted by Gasteiger charge is -2.36. The van der Waals surface area contributed by atoms with Crippen LogP contribution in [0.5, 0.6) is 0 Å². The number of nitrogens with zero attached hydrogens (tertiary/aromatic N) is 1. The van der Waals surface area contributed by atoms with Crippen LogP contribution in [-0.2, 0) is 4.79 Å². The topological polar surface area (TPSA) is 57.6 Å². The lowest BCUT2D eigenvalue weighted by molar-refractivity contribution is -0.143. The summed E-state index contributed by atoms with van der Waals surface area (Å²) in [5.41, 5.74) is 1.62. The van der Waals surface area contributed by atoms with Gasteiger partial charge in [-0.25, -0.2) is 0 Å². The molecular formula is C15H18BrNO3. The number of piperidine rings is 1. The zero-order valence-electron chi connectivity index (χ0n) is 11.6. The third-order valence-electron chi connectivity index (χ3n) is 3.91. The van der Waals surface area contributed by atoms with Crippen LogP contribution in [0.3, 0.4) is 0 Å². The summed E-state index contributed by atoms with van der Waals surface area (Å²) in [5.74, 6) is -1.10.